The van der Waals surface area contributed by atoms with Crippen LogP contribution in [0.5, 0.6) is 17.2 Å². The SMILES string of the molecule is COc1csc(-c2nc3cc4c(cc3[nH]2)OCCCO4)c1. The third kappa shape index (κ3) is 2.21. The van der Waals surface area contributed by atoms with E-state index < -0.39 is 0 Å². The number of imidazole rings is 1. The Morgan fingerprint density at radius 1 is 1.19 bits per heavy atom. The first kappa shape index (κ1) is 12.5. The van der Waals surface area contributed by atoms with E-state index in [4.69, 9.17) is 14.2 Å². The van der Waals surface area contributed by atoms with Crippen LogP contribution in [0.2, 0.25) is 0 Å². The van der Waals surface area contributed by atoms with Crippen LogP contribution in [-0.2, 0) is 0 Å². The lowest BCUT2D eigenvalue weighted by Gasteiger charge is -2.05. The Bertz CT molecular complexity index is 750. The topological polar surface area (TPSA) is 56.4 Å². The van der Waals surface area contributed by atoms with Gasteiger partial charge in [-0.3, -0.25) is 0 Å². The highest BCUT2D eigenvalue weighted by atomic mass is 32.1. The number of nitrogens with zero attached hydrogens (tertiary/aromatic N) is 1. The monoisotopic (exact) mass is 302 g/mol. The minimum Gasteiger partial charge on any atom is -0.496 e. The van der Waals surface area contributed by atoms with Crippen LogP contribution < -0.4 is 14.2 Å². The van der Waals surface area contributed by atoms with Gasteiger partial charge in [0.15, 0.2) is 11.5 Å². The normalized spacial score (nSPS) is 14.1. The van der Waals surface area contributed by atoms with Crippen molar-refractivity contribution in [1.82, 2.24) is 9.97 Å². The maximum absolute atomic E-state index is 5.70. The van der Waals surface area contributed by atoms with E-state index in [0.717, 1.165) is 45.4 Å². The molecular weight excluding hydrogens is 288 g/mol. The van der Waals surface area contributed by atoms with Crippen molar-refractivity contribution in [3.63, 3.8) is 0 Å². The van der Waals surface area contributed by atoms with Crippen molar-refractivity contribution in [2.45, 2.75) is 6.42 Å². The second-order valence-corrected chi connectivity index (χ2v) is 5.71. The van der Waals surface area contributed by atoms with Crippen molar-refractivity contribution in [2.24, 2.45) is 0 Å². The lowest BCUT2D eigenvalue weighted by Crippen LogP contribution is -1.97. The zero-order valence-electron chi connectivity index (χ0n) is 11.5. The summed E-state index contributed by atoms with van der Waals surface area (Å²) in [5, 5.41) is 1.96. The van der Waals surface area contributed by atoms with Gasteiger partial charge in [-0.25, -0.2) is 4.98 Å². The fraction of sp³-hybridized carbons (Fsp3) is 0.267. The number of ether oxygens (including phenoxy) is 3. The van der Waals surface area contributed by atoms with Crippen LogP contribution in [0, 0.1) is 0 Å². The smallest absolute Gasteiger partial charge is 0.163 e. The molecule has 3 aromatic rings. The summed E-state index contributed by atoms with van der Waals surface area (Å²) in [4.78, 5) is 9.00. The van der Waals surface area contributed by atoms with Crippen molar-refractivity contribution in [2.75, 3.05) is 20.3 Å². The molecule has 4 rings (SSSR count). The molecule has 0 amide bonds. The molecule has 1 aliphatic heterocycles. The number of methoxy groups -OCH3 is 1. The molecule has 6 heteroatoms. The number of aromatic amines is 1. The average Bonchev–Trinajstić information content (AvgIpc) is 3.06. The van der Waals surface area contributed by atoms with Gasteiger partial charge in [-0.1, -0.05) is 0 Å². The van der Waals surface area contributed by atoms with Crippen LogP contribution in [0.15, 0.2) is 23.6 Å². The Morgan fingerprint density at radius 2 is 2.00 bits per heavy atom. The number of hydrogen-bond donors (Lipinski definition) is 1. The van der Waals surface area contributed by atoms with E-state index in [0.29, 0.717) is 13.2 Å². The number of hydrogen-bond acceptors (Lipinski definition) is 5. The van der Waals surface area contributed by atoms with E-state index in [1.54, 1.807) is 18.4 Å². The Balaban J connectivity index is 1.79. The predicted molar refractivity (Wildman–Crippen MR) is 81.6 cm³/mol. The number of H-pyrrole nitrogens is 1. The van der Waals surface area contributed by atoms with Gasteiger partial charge < -0.3 is 19.2 Å². The number of benzene rings is 1. The molecule has 5 nitrogen and oxygen atoms in total. The van der Waals surface area contributed by atoms with Crippen molar-refractivity contribution in [3.05, 3.63) is 23.6 Å². The first-order valence-electron chi connectivity index (χ1n) is 6.76. The largest absolute Gasteiger partial charge is 0.496 e. The number of aromatic nitrogens is 2. The van der Waals surface area contributed by atoms with E-state index in [1.165, 1.54) is 0 Å². The van der Waals surface area contributed by atoms with E-state index >= 15 is 0 Å². The van der Waals surface area contributed by atoms with Crippen LogP contribution in [0.25, 0.3) is 21.7 Å². The van der Waals surface area contributed by atoms with Gasteiger partial charge in [-0.2, -0.15) is 0 Å². The summed E-state index contributed by atoms with van der Waals surface area (Å²) < 4.78 is 16.6. The summed E-state index contributed by atoms with van der Waals surface area (Å²) >= 11 is 1.60. The van der Waals surface area contributed by atoms with Crippen LogP contribution in [-0.4, -0.2) is 30.3 Å². The zero-order chi connectivity index (χ0) is 14.2. The Morgan fingerprint density at radius 3 is 2.76 bits per heavy atom. The summed E-state index contributed by atoms with van der Waals surface area (Å²) in [5.41, 5.74) is 1.82. The second-order valence-electron chi connectivity index (χ2n) is 4.80. The minimum atomic E-state index is 0.678. The lowest BCUT2D eigenvalue weighted by molar-refractivity contribution is 0.297. The predicted octanol–water partition coefficient (Wildman–Crippen LogP) is 3.46. The molecule has 1 aliphatic rings. The van der Waals surface area contributed by atoms with Gasteiger partial charge in [-0.15, -0.1) is 11.3 Å². The summed E-state index contributed by atoms with van der Waals surface area (Å²) in [6, 6.07) is 5.86. The Hall–Kier alpha value is -2.21. The Labute approximate surface area is 125 Å². The minimum absolute atomic E-state index is 0.678. The molecule has 1 N–H and O–H groups in total. The zero-order valence-corrected chi connectivity index (χ0v) is 12.3. The number of thiophene rings is 1. The molecule has 3 heterocycles. The van der Waals surface area contributed by atoms with Crippen molar-refractivity contribution in [3.8, 4) is 28.0 Å². The molecule has 21 heavy (non-hydrogen) atoms. The fourth-order valence-corrected chi connectivity index (χ4v) is 3.13. The second kappa shape index (κ2) is 4.96. The van der Waals surface area contributed by atoms with Crippen molar-refractivity contribution in [1.29, 1.82) is 0 Å². The molecule has 0 atom stereocenters. The van der Waals surface area contributed by atoms with Gasteiger partial charge in [0.2, 0.25) is 0 Å². The van der Waals surface area contributed by atoms with Gasteiger partial charge in [0, 0.05) is 30.0 Å². The van der Waals surface area contributed by atoms with Crippen LogP contribution in [0.4, 0.5) is 0 Å². The molecule has 1 aromatic carbocycles. The summed E-state index contributed by atoms with van der Waals surface area (Å²) in [7, 11) is 1.66. The summed E-state index contributed by atoms with van der Waals surface area (Å²) in [6.07, 6.45) is 0.899. The van der Waals surface area contributed by atoms with Gasteiger partial charge in [0.1, 0.15) is 11.6 Å². The van der Waals surface area contributed by atoms with E-state index in [-0.39, 0.29) is 0 Å². The molecule has 0 saturated carbocycles. The van der Waals surface area contributed by atoms with E-state index in [2.05, 4.69) is 9.97 Å². The standard InChI is InChI=1S/C15H14N2O3S/c1-18-9-5-14(21-8-9)15-16-10-6-12-13(7-11(10)17-15)20-4-2-3-19-12/h5-8H,2-4H2,1H3,(H,16,17). The van der Waals surface area contributed by atoms with Crippen molar-refractivity contribution < 1.29 is 14.2 Å². The molecule has 0 bridgehead atoms. The third-order valence-corrected chi connectivity index (χ3v) is 4.31. The van der Waals surface area contributed by atoms with E-state index in [9.17, 15) is 0 Å². The molecule has 2 aromatic heterocycles. The lowest BCUT2D eigenvalue weighted by atomic mass is 10.3. The molecule has 0 aliphatic carbocycles. The molecule has 0 fully saturated rings. The molecule has 0 radical (unpaired) electrons. The van der Waals surface area contributed by atoms with Gasteiger partial charge in [0.25, 0.3) is 0 Å². The van der Waals surface area contributed by atoms with Crippen molar-refractivity contribution >= 4 is 22.4 Å². The summed E-state index contributed by atoms with van der Waals surface area (Å²) in [5.74, 6) is 3.22. The Kier molecular flexibility index (Phi) is 2.96. The fourth-order valence-electron chi connectivity index (χ4n) is 2.33. The quantitative estimate of drug-likeness (QED) is 0.787. The first-order valence-corrected chi connectivity index (χ1v) is 7.64. The first-order chi connectivity index (χ1) is 10.3. The van der Waals surface area contributed by atoms with Gasteiger partial charge >= 0.3 is 0 Å². The molecule has 108 valence electrons. The maximum Gasteiger partial charge on any atom is 0.163 e. The molecule has 0 unspecified atom stereocenters. The molecule has 0 saturated heterocycles. The van der Waals surface area contributed by atoms with Gasteiger partial charge in [-0.05, 0) is 0 Å². The van der Waals surface area contributed by atoms with E-state index in [1.807, 2.05) is 23.6 Å². The molecular formula is C15H14N2O3S. The average molecular weight is 302 g/mol. The summed E-state index contributed by atoms with van der Waals surface area (Å²) in [6.45, 7) is 1.36. The highest BCUT2D eigenvalue weighted by molar-refractivity contribution is 7.13. The molecule has 0 spiro atoms. The number of nitrogens with one attached hydrogen (secondary N) is 1. The number of rotatable bonds is 2. The van der Waals surface area contributed by atoms with Crippen LogP contribution in [0.3, 0.4) is 0 Å². The highest BCUT2D eigenvalue weighted by Crippen LogP contribution is 2.36. The highest BCUT2D eigenvalue weighted by Gasteiger charge is 2.15. The van der Waals surface area contributed by atoms with Crippen LogP contribution in [0.1, 0.15) is 6.42 Å². The van der Waals surface area contributed by atoms with Crippen LogP contribution >= 0.6 is 11.3 Å². The third-order valence-electron chi connectivity index (χ3n) is 3.40. The maximum atomic E-state index is 5.70. The number of fused-ring (bicyclic) bond motifs is 2. The van der Waals surface area contributed by atoms with Gasteiger partial charge in [0.05, 0.1) is 36.2 Å².